The molecule has 1 unspecified atom stereocenters. The molecule has 0 aromatic rings. The van der Waals surface area contributed by atoms with E-state index in [1.54, 1.807) is 0 Å². The van der Waals surface area contributed by atoms with Crippen molar-refractivity contribution in [1.29, 1.82) is 0 Å². The molecule has 0 rings (SSSR count). The summed E-state index contributed by atoms with van der Waals surface area (Å²) in [6.07, 6.45) is 0. The van der Waals surface area contributed by atoms with Gasteiger partial charge in [-0.3, -0.25) is 19.3 Å². The van der Waals surface area contributed by atoms with Gasteiger partial charge in [0.05, 0.1) is 19.6 Å². The molecule has 0 saturated carbocycles. The number of carboxylic acids is 1. The van der Waals surface area contributed by atoms with Crippen LogP contribution in [0.15, 0.2) is 0 Å². The Morgan fingerprint density at radius 3 is 2.11 bits per heavy atom. The minimum Gasteiger partial charge on any atom is -0.480 e. The summed E-state index contributed by atoms with van der Waals surface area (Å²) in [5.74, 6) is -1.82. The molecule has 4 N–H and O–H groups in total. The Morgan fingerprint density at radius 1 is 1.17 bits per heavy atom. The zero-order valence-corrected chi connectivity index (χ0v) is 11.0. The lowest BCUT2D eigenvalue weighted by Gasteiger charge is -2.21. The Balaban J connectivity index is 4.34. The maximum atomic E-state index is 11.6. The zero-order chi connectivity index (χ0) is 14.3. The van der Waals surface area contributed by atoms with Crippen LogP contribution in [0.5, 0.6) is 0 Å². The van der Waals surface area contributed by atoms with Crippen LogP contribution in [0.2, 0.25) is 0 Å². The molecule has 0 radical (unpaired) electrons. The Hall–Kier alpha value is -1.63. The Labute approximate surface area is 106 Å². The molecular formula is C11H21N3O4. The smallest absolute Gasteiger partial charge is 0.317 e. The maximum Gasteiger partial charge on any atom is 0.317 e. The van der Waals surface area contributed by atoms with Crippen LogP contribution in [0.4, 0.5) is 0 Å². The number of nitrogens with zero attached hydrogens (tertiary/aromatic N) is 1. The van der Waals surface area contributed by atoms with E-state index in [0.717, 1.165) is 0 Å². The van der Waals surface area contributed by atoms with Gasteiger partial charge in [-0.25, -0.2) is 0 Å². The third-order valence-electron chi connectivity index (χ3n) is 2.49. The first kappa shape index (κ1) is 16.4. The molecule has 0 fully saturated rings. The van der Waals surface area contributed by atoms with Crippen molar-refractivity contribution in [3.63, 3.8) is 0 Å². The van der Waals surface area contributed by atoms with Gasteiger partial charge in [-0.05, 0) is 12.8 Å². The number of aliphatic carboxylic acids is 1. The van der Waals surface area contributed by atoms with Crippen LogP contribution in [0.25, 0.3) is 0 Å². The minimum atomic E-state index is -1.11. The van der Waals surface area contributed by atoms with Crippen molar-refractivity contribution >= 4 is 17.8 Å². The summed E-state index contributed by atoms with van der Waals surface area (Å²) in [5, 5.41) is 11.4. The fraction of sp³-hybridized carbons (Fsp3) is 0.727. The lowest BCUT2D eigenvalue weighted by Crippen LogP contribution is -2.46. The number of nitrogens with one attached hydrogen (secondary N) is 1. The minimum absolute atomic E-state index is 0.0160. The van der Waals surface area contributed by atoms with Gasteiger partial charge in [-0.1, -0.05) is 13.8 Å². The van der Waals surface area contributed by atoms with E-state index in [1.807, 2.05) is 20.8 Å². The van der Waals surface area contributed by atoms with Crippen LogP contribution in [0.3, 0.4) is 0 Å². The lowest BCUT2D eigenvalue weighted by atomic mass is 10.1. The third-order valence-corrected chi connectivity index (χ3v) is 2.49. The first-order valence-corrected chi connectivity index (χ1v) is 5.74. The summed E-state index contributed by atoms with van der Waals surface area (Å²) in [4.78, 5) is 34.2. The van der Waals surface area contributed by atoms with E-state index < -0.39 is 18.4 Å². The second kappa shape index (κ2) is 7.65. The third kappa shape index (κ3) is 7.61. The largest absolute Gasteiger partial charge is 0.480 e. The predicted octanol–water partition coefficient (Wildman–Crippen LogP) is -0.981. The molecule has 2 amide bonds. The van der Waals surface area contributed by atoms with E-state index in [-0.39, 0.29) is 31.0 Å². The number of hydrogen-bond donors (Lipinski definition) is 3. The number of nitrogens with two attached hydrogens (primary N) is 1. The quantitative estimate of drug-likeness (QED) is 0.518. The molecule has 0 spiro atoms. The highest BCUT2D eigenvalue weighted by atomic mass is 16.4. The normalized spacial score (nSPS) is 12.5. The summed E-state index contributed by atoms with van der Waals surface area (Å²) < 4.78 is 0. The second-order valence-electron chi connectivity index (χ2n) is 4.61. The van der Waals surface area contributed by atoms with Gasteiger partial charge in [0.1, 0.15) is 0 Å². The molecule has 1 atom stereocenters. The summed E-state index contributed by atoms with van der Waals surface area (Å²) in [6, 6.07) is -0.0160. The average molecular weight is 259 g/mol. The lowest BCUT2D eigenvalue weighted by molar-refractivity contribution is -0.139. The fourth-order valence-electron chi connectivity index (χ4n) is 1.25. The summed E-state index contributed by atoms with van der Waals surface area (Å²) in [5.41, 5.74) is 4.99. The maximum absolute atomic E-state index is 11.6. The molecule has 0 bridgehead atoms. The molecule has 0 heterocycles. The summed E-state index contributed by atoms with van der Waals surface area (Å²) >= 11 is 0. The van der Waals surface area contributed by atoms with Gasteiger partial charge in [0.2, 0.25) is 11.8 Å². The second-order valence-corrected chi connectivity index (χ2v) is 4.61. The van der Waals surface area contributed by atoms with Crippen molar-refractivity contribution in [1.82, 2.24) is 10.2 Å². The van der Waals surface area contributed by atoms with Gasteiger partial charge in [0.25, 0.3) is 0 Å². The van der Waals surface area contributed by atoms with Gasteiger partial charge in [-0.2, -0.15) is 0 Å². The number of primary amides is 1. The monoisotopic (exact) mass is 259 g/mol. The topological polar surface area (TPSA) is 113 Å². The number of carboxylic acid groups (broad SMARTS) is 1. The van der Waals surface area contributed by atoms with Crippen molar-refractivity contribution in [3.05, 3.63) is 0 Å². The fourth-order valence-corrected chi connectivity index (χ4v) is 1.25. The van der Waals surface area contributed by atoms with E-state index in [4.69, 9.17) is 10.8 Å². The molecule has 7 heteroatoms. The Kier molecular flexibility index (Phi) is 6.96. The van der Waals surface area contributed by atoms with Gasteiger partial charge < -0.3 is 16.2 Å². The molecule has 104 valence electrons. The predicted molar refractivity (Wildman–Crippen MR) is 65.7 cm³/mol. The van der Waals surface area contributed by atoms with Crippen molar-refractivity contribution in [2.24, 2.45) is 11.7 Å². The van der Waals surface area contributed by atoms with E-state index in [9.17, 15) is 14.4 Å². The highest BCUT2D eigenvalue weighted by molar-refractivity contribution is 5.81. The van der Waals surface area contributed by atoms with Crippen LogP contribution in [-0.4, -0.2) is 53.5 Å². The van der Waals surface area contributed by atoms with Crippen molar-refractivity contribution < 1.29 is 19.5 Å². The first-order valence-electron chi connectivity index (χ1n) is 5.74. The number of hydrogen-bond acceptors (Lipinski definition) is 4. The van der Waals surface area contributed by atoms with Crippen LogP contribution in [-0.2, 0) is 14.4 Å². The molecule has 7 nitrogen and oxygen atoms in total. The van der Waals surface area contributed by atoms with Gasteiger partial charge in [0, 0.05) is 6.04 Å². The molecule has 0 aromatic carbocycles. The molecular weight excluding hydrogens is 238 g/mol. The van der Waals surface area contributed by atoms with Gasteiger partial charge in [0.15, 0.2) is 0 Å². The molecule has 18 heavy (non-hydrogen) atoms. The molecule has 0 aliphatic carbocycles. The van der Waals surface area contributed by atoms with Crippen LogP contribution in [0.1, 0.15) is 20.8 Å². The standard InChI is InChI=1S/C11H21N3O4/c1-7(2)8(3)13-10(16)5-14(4-9(12)15)6-11(17)18/h7-8H,4-6H2,1-3H3,(H2,12,15)(H,13,16)(H,17,18). The molecule has 0 aliphatic rings. The van der Waals surface area contributed by atoms with E-state index in [0.29, 0.717) is 0 Å². The average Bonchev–Trinajstić information content (AvgIpc) is 2.14. The zero-order valence-electron chi connectivity index (χ0n) is 11.0. The number of amides is 2. The van der Waals surface area contributed by atoms with Crippen molar-refractivity contribution in [2.45, 2.75) is 26.8 Å². The first-order chi connectivity index (χ1) is 8.22. The number of carbonyl (C=O) groups excluding carboxylic acids is 2. The summed E-state index contributed by atoms with van der Waals surface area (Å²) in [7, 11) is 0. The van der Waals surface area contributed by atoms with Crippen LogP contribution < -0.4 is 11.1 Å². The molecule has 0 aliphatic heterocycles. The molecule has 0 saturated heterocycles. The Morgan fingerprint density at radius 2 is 1.72 bits per heavy atom. The van der Waals surface area contributed by atoms with E-state index >= 15 is 0 Å². The van der Waals surface area contributed by atoms with E-state index in [1.165, 1.54) is 4.90 Å². The highest BCUT2D eigenvalue weighted by Gasteiger charge is 2.18. The van der Waals surface area contributed by atoms with Crippen LogP contribution >= 0.6 is 0 Å². The molecule has 0 aromatic heterocycles. The van der Waals surface area contributed by atoms with E-state index in [2.05, 4.69) is 5.32 Å². The van der Waals surface area contributed by atoms with Crippen molar-refractivity contribution in [3.8, 4) is 0 Å². The highest BCUT2D eigenvalue weighted by Crippen LogP contribution is 1.99. The van der Waals surface area contributed by atoms with Gasteiger partial charge >= 0.3 is 5.97 Å². The Bertz CT molecular complexity index is 301. The number of carbonyl (C=O) groups is 3. The van der Waals surface area contributed by atoms with Crippen molar-refractivity contribution in [2.75, 3.05) is 19.6 Å². The van der Waals surface area contributed by atoms with Crippen LogP contribution in [0, 0.1) is 5.92 Å². The van der Waals surface area contributed by atoms with Gasteiger partial charge in [-0.15, -0.1) is 0 Å². The summed E-state index contributed by atoms with van der Waals surface area (Å²) in [6.45, 7) is 4.97. The SMILES string of the molecule is CC(C)C(C)NC(=O)CN(CC(N)=O)CC(=O)O. The number of rotatable bonds is 8.